The summed E-state index contributed by atoms with van der Waals surface area (Å²) in [7, 11) is -1.28. The zero-order valence-corrected chi connectivity index (χ0v) is 16.2. The molecule has 1 amide bonds. The first-order valence-corrected chi connectivity index (χ1v) is 9.49. The summed E-state index contributed by atoms with van der Waals surface area (Å²) < 4.78 is 13.8. The van der Waals surface area contributed by atoms with E-state index in [9.17, 15) is 4.79 Å². The number of carbonyl (C=O) groups excluding carboxylic acids is 1. The number of aromatic nitrogens is 1. The molecule has 0 fully saturated rings. The van der Waals surface area contributed by atoms with Gasteiger partial charge in [0, 0.05) is 36.6 Å². The highest BCUT2D eigenvalue weighted by molar-refractivity contribution is 7.44. The lowest BCUT2D eigenvalue weighted by molar-refractivity contribution is 0.0942. The normalized spacial score (nSPS) is 12.4. The van der Waals surface area contributed by atoms with Gasteiger partial charge in [0.25, 0.3) is 14.4 Å². The number of pyridine rings is 1. The van der Waals surface area contributed by atoms with Crippen molar-refractivity contribution < 1.29 is 13.8 Å². The summed E-state index contributed by atoms with van der Waals surface area (Å²) in [5.74, 6) is -0.162. The van der Waals surface area contributed by atoms with Crippen LogP contribution in [-0.2, 0) is 9.05 Å². The molecule has 0 saturated heterocycles. The van der Waals surface area contributed by atoms with E-state index >= 15 is 0 Å². The molecule has 1 aromatic heterocycles. The molecule has 0 aliphatic heterocycles. The third kappa shape index (κ3) is 7.89. The Hall–Kier alpha value is -1.58. The monoisotopic (exact) mass is 366 g/mol. The second kappa shape index (κ2) is 11.9. The van der Waals surface area contributed by atoms with Crippen molar-refractivity contribution in [3.63, 3.8) is 0 Å². The van der Waals surface area contributed by atoms with Gasteiger partial charge in [0.2, 0.25) is 0 Å². The number of carbonyl (C=O) groups is 1. The molecule has 138 valence electrons. The first-order valence-electron chi connectivity index (χ1n) is 8.36. The number of hydrogen-bond donors (Lipinski definition) is 1. The topological polar surface area (TPSA) is 87.5 Å². The first-order chi connectivity index (χ1) is 12.0. The molecule has 0 aromatic carbocycles. The Balaban J connectivity index is 2.51. The number of nitriles is 1. The minimum Gasteiger partial charge on any atom is -0.350 e. The molecular formula is C17H27N4O3P. The lowest BCUT2D eigenvalue weighted by atomic mass is 10.2. The van der Waals surface area contributed by atoms with Crippen molar-refractivity contribution in [3.8, 4) is 6.07 Å². The second-order valence-electron chi connectivity index (χ2n) is 5.87. The van der Waals surface area contributed by atoms with E-state index in [1.807, 2.05) is 0 Å². The standard InChI is InChI=1S/C17H27N4O3P/c1-14(2)21(15(3)4)25(23-12-5-8-18)24-13-11-20-17(22)16-6-9-19-10-7-16/h6-7,9-10,14-15H,5,11-13H2,1-4H3,(H,20,22). The van der Waals surface area contributed by atoms with Gasteiger partial charge in [0.05, 0.1) is 25.7 Å². The highest BCUT2D eigenvalue weighted by atomic mass is 31.2. The molecule has 1 N–H and O–H groups in total. The SMILES string of the molecule is CC(C)N(C(C)C)P(OCCC#N)OCCNC(=O)c1ccncc1. The molecule has 25 heavy (non-hydrogen) atoms. The van der Waals surface area contributed by atoms with Gasteiger partial charge in [-0.25, -0.2) is 4.67 Å². The third-order valence-corrected chi connectivity index (χ3v) is 5.30. The summed E-state index contributed by atoms with van der Waals surface area (Å²) in [6.07, 6.45) is 3.48. The van der Waals surface area contributed by atoms with Gasteiger partial charge in [-0.1, -0.05) is 0 Å². The molecule has 0 bridgehead atoms. The molecule has 7 nitrogen and oxygen atoms in total. The summed E-state index contributed by atoms with van der Waals surface area (Å²) >= 11 is 0. The minimum atomic E-state index is -1.28. The maximum absolute atomic E-state index is 12.0. The van der Waals surface area contributed by atoms with E-state index in [0.29, 0.717) is 31.7 Å². The van der Waals surface area contributed by atoms with Gasteiger partial charge in [-0.2, -0.15) is 5.26 Å². The van der Waals surface area contributed by atoms with Crippen LogP contribution in [0.15, 0.2) is 24.5 Å². The quantitative estimate of drug-likeness (QED) is 0.478. The van der Waals surface area contributed by atoms with Crippen LogP contribution in [0.25, 0.3) is 0 Å². The summed E-state index contributed by atoms with van der Waals surface area (Å²) in [4.78, 5) is 15.9. The number of nitrogens with zero attached hydrogens (tertiary/aromatic N) is 3. The molecule has 1 atom stereocenters. The molecule has 1 unspecified atom stereocenters. The van der Waals surface area contributed by atoms with Crippen molar-refractivity contribution >= 4 is 14.4 Å². The molecule has 8 heteroatoms. The van der Waals surface area contributed by atoms with Gasteiger partial charge in [0.1, 0.15) is 0 Å². The van der Waals surface area contributed by atoms with Gasteiger partial charge >= 0.3 is 0 Å². The molecular weight excluding hydrogens is 339 g/mol. The minimum absolute atomic E-state index is 0.162. The fourth-order valence-electron chi connectivity index (χ4n) is 2.21. The summed E-state index contributed by atoms with van der Waals surface area (Å²) in [5.41, 5.74) is 0.563. The lowest BCUT2D eigenvalue weighted by Gasteiger charge is -2.35. The average molecular weight is 366 g/mol. The van der Waals surface area contributed by atoms with Crippen molar-refractivity contribution in [2.75, 3.05) is 19.8 Å². The first kappa shape index (κ1) is 21.5. The lowest BCUT2D eigenvalue weighted by Crippen LogP contribution is -2.34. The van der Waals surface area contributed by atoms with E-state index in [1.165, 1.54) is 0 Å². The van der Waals surface area contributed by atoms with Crippen molar-refractivity contribution in [3.05, 3.63) is 30.1 Å². The van der Waals surface area contributed by atoms with E-state index in [1.54, 1.807) is 24.5 Å². The average Bonchev–Trinajstić information content (AvgIpc) is 2.58. The van der Waals surface area contributed by atoms with Crippen LogP contribution < -0.4 is 5.32 Å². The number of nitrogens with one attached hydrogen (secondary N) is 1. The maximum atomic E-state index is 12.0. The molecule has 0 saturated carbocycles. The van der Waals surface area contributed by atoms with Crippen molar-refractivity contribution in [2.45, 2.75) is 46.2 Å². The van der Waals surface area contributed by atoms with Crippen LogP contribution in [0, 0.1) is 11.3 Å². The Morgan fingerprint density at radius 2 is 1.84 bits per heavy atom. The van der Waals surface area contributed by atoms with Crippen LogP contribution in [0.3, 0.4) is 0 Å². The van der Waals surface area contributed by atoms with Crippen molar-refractivity contribution in [2.24, 2.45) is 0 Å². The van der Waals surface area contributed by atoms with Crippen LogP contribution in [0.2, 0.25) is 0 Å². The van der Waals surface area contributed by atoms with Gasteiger partial charge in [-0.15, -0.1) is 0 Å². The Kier molecular flexibility index (Phi) is 10.2. The summed E-state index contributed by atoms with van der Waals surface area (Å²) in [5, 5.41) is 11.5. The van der Waals surface area contributed by atoms with E-state index in [-0.39, 0.29) is 18.0 Å². The Morgan fingerprint density at radius 1 is 1.24 bits per heavy atom. The Bertz CT molecular complexity index is 541. The van der Waals surface area contributed by atoms with Gasteiger partial charge < -0.3 is 14.4 Å². The van der Waals surface area contributed by atoms with E-state index in [2.05, 4.69) is 48.7 Å². The zero-order chi connectivity index (χ0) is 18.7. The van der Waals surface area contributed by atoms with Crippen molar-refractivity contribution in [1.29, 1.82) is 5.26 Å². The van der Waals surface area contributed by atoms with Crippen molar-refractivity contribution in [1.82, 2.24) is 15.0 Å². The van der Waals surface area contributed by atoms with Crippen LogP contribution in [0.1, 0.15) is 44.5 Å². The van der Waals surface area contributed by atoms with Gasteiger partial charge in [0.15, 0.2) is 0 Å². The number of rotatable bonds is 11. The molecule has 0 radical (unpaired) electrons. The molecule has 0 aliphatic carbocycles. The van der Waals surface area contributed by atoms with E-state index in [4.69, 9.17) is 14.3 Å². The van der Waals surface area contributed by atoms with Crippen LogP contribution >= 0.6 is 8.53 Å². The van der Waals surface area contributed by atoms with E-state index < -0.39 is 8.53 Å². The number of hydrogen-bond acceptors (Lipinski definition) is 6. The van der Waals surface area contributed by atoms with Gasteiger partial charge in [-0.3, -0.25) is 9.78 Å². The zero-order valence-electron chi connectivity index (χ0n) is 15.3. The van der Waals surface area contributed by atoms with Crippen LogP contribution in [-0.4, -0.2) is 47.4 Å². The fraction of sp³-hybridized carbons (Fsp3) is 0.588. The third-order valence-electron chi connectivity index (χ3n) is 3.19. The largest absolute Gasteiger partial charge is 0.350 e. The molecule has 1 rings (SSSR count). The predicted molar refractivity (Wildman–Crippen MR) is 97.7 cm³/mol. The smallest absolute Gasteiger partial charge is 0.259 e. The second-order valence-corrected chi connectivity index (χ2v) is 7.33. The molecule has 0 spiro atoms. The van der Waals surface area contributed by atoms with Crippen LogP contribution in [0.5, 0.6) is 0 Å². The summed E-state index contributed by atoms with van der Waals surface area (Å²) in [6.45, 7) is 9.38. The highest BCUT2D eigenvalue weighted by Crippen LogP contribution is 2.45. The predicted octanol–water partition coefficient (Wildman–Crippen LogP) is 3.10. The summed E-state index contributed by atoms with van der Waals surface area (Å²) in [6, 6.07) is 5.89. The highest BCUT2D eigenvalue weighted by Gasteiger charge is 2.26. The van der Waals surface area contributed by atoms with E-state index in [0.717, 1.165) is 0 Å². The molecule has 1 heterocycles. The Morgan fingerprint density at radius 3 is 2.40 bits per heavy atom. The maximum Gasteiger partial charge on any atom is 0.259 e. The number of amides is 1. The molecule has 0 aliphatic rings. The van der Waals surface area contributed by atoms with Crippen LogP contribution in [0.4, 0.5) is 0 Å². The van der Waals surface area contributed by atoms with Gasteiger partial charge in [-0.05, 0) is 39.8 Å². The molecule has 1 aromatic rings. The Labute approximate surface area is 151 Å². The fourth-order valence-corrected chi connectivity index (χ4v) is 3.80.